The summed E-state index contributed by atoms with van der Waals surface area (Å²) in [7, 11) is 4.24. The highest BCUT2D eigenvalue weighted by Crippen LogP contribution is 2.34. The maximum Gasteiger partial charge on any atom is 0.337 e. The maximum atomic E-state index is 12.3. The van der Waals surface area contributed by atoms with E-state index < -0.39 is 23.9 Å². The molecule has 12 heteroatoms. The summed E-state index contributed by atoms with van der Waals surface area (Å²) in [6.45, 7) is 1.28. The molecule has 0 saturated carbocycles. The minimum atomic E-state index is -0.762. The summed E-state index contributed by atoms with van der Waals surface area (Å²) in [5, 5.41) is 9.20. The van der Waals surface area contributed by atoms with Gasteiger partial charge >= 0.3 is 12.0 Å². The van der Waals surface area contributed by atoms with Crippen molar-refractivity contribution in [3.8, 4) is 17.2 Å². The molecule has 3 N–H and O–H groups in total. The molecule has 1 aliphatic rings. The van der Waals surface area contributed by atoms with E-state index in [1.165, 1.54) is 20.4 Å². The van der Waals surface area contributed by atoms with Crippen molar-refractivity contribution >= 4 is 40.1 Å². The van der Waals surface area contributed by atoms with E-state index in [1.807, 2.05) is 6.07 Å². The molecular weight excluding hydrogens is 536 g/mol. The quantitative estimate of drug-likeness (QED) is 0.243. The van der Waals surface area contributed by atoms with Gasteiger partial charge in [0.15, 0.2) is 18.1 Å². The molecule has 0 saturated heterocycles. The van der Waals surface area contributed by atoms with Crippen LogP contribution in [0, 0.1) is 0 Å². The van der Waals surface area contributed by atoms with Gasteiger partial charge in [0.1, 0.15) is 5.75 Å². The maximum absolute atomic E-state index is 12.3. The largest absolute Gasteiger partial charge is 0.496 e. The molecule has 0 aliphatic carbocycles. The van der Waals surface area contributed by atoms with E-state index in [2.05, 4.69) is 37.1 Å². The Labute approximate surface area is 215 Å². The SMILES string of the molecule is COC(=O)C1=C(C)NC(=O)N[C@H]1c1ccc(OCC(=O)N/N=C\c2cc(Br)ccc2OC)c(OC)c1. The number of hydrazone groups is 1. The van der Waals surface area contributed by atoms with Crippen LogP contribution in [0.25, 0.3) is 0 Å². The Morgan fingerprint density at radius 2 is 1.81 bits per heavy atom. The van der Waals surface area contributed by atoms with Crippen LogP contribution in [0.4, 0.5) is 4.79 Å². The second kappa shape index (κ2) is 12.1. The van der Waals surface area contributed by atoms with Gasteiger partial charge in [-0.3, -0.25) is 4.79 Å². The van der Waals surface area contributed by atoms with Crippen LogP contribution in [0.2, 0.25) is 0 Å². The fourth-order valence-corrected chi connectivity index (χ4v) is 3.84. The van der Waals surface area contributed by atoms with Crippen molar-refractivity contribution in [2.75, 3.05) is 27.9 Å². The Kier molecular flexibility index (Phi) is 8.90. The first-order valence-corrected chi connectivity index (χ1v) is 11.4. The Balaban J connectivity index is 1.69. The van der Waals surface area contributed by atoms with Crippen molar-refractivity contribution in [2.24, 2.45) is 5.10 Å². The highest BCUT2D eigenvalue weighted by molar-refractivity contribution is 9.10. The predicted octanol–water partition coefficient (Wildman–Crippen LogP) is 2.80. The lowest BCUT2D eigenvalue weighted by atomic mass is 9.95. The number of esters is 1. The number of urea groups is 1. The van der Waals surface area contributed by atoms with E-state index in [1.54, 1.807) is 44.4 Å². The first-order chi connectivity index (χ1) is 17.3. The average Bonchev–Trinajstić information content (AvgIpc) is 2.86. The number of amides is 3. The molecule has 11 nitrogen and oxygen atoms in total. The van der Waals surface area contributed by atoms with Gasteiger partial charge in [0, 0.05) is 15.7 Å². The summed E-state index contributed by atoms with van der Waals surface area (Å²) in [6, 6.07) is 9.02. The fourth-order valence-electron chi connectivity index (χ4n) is 3.46. The molecule has 36 heavy (non-hydrogen) atoms. The van der Waals surface area contributed by atoms with E-state index in [0.29, 0.717) is 28.3 Å². The zero-order chi connectivity index (χ0) is 26.2. The number of carbonyl (C=O) groups excluding carboxylic acids is 3. The van der Waals surface area contributed by atoms with E-state index >= 15 is 0 Å². The topological polar surface area (TPSA) is 137 Å². The smallest absolute Gasteiger partial charge is 0.337 e. The summed E-state index contributed by atoms with van der Waals surface area (Å²) in [4.78, 5) is 36.5. The first kappa shape index (κ1) is 26.5. The van der Waals surface area contributed by atoms with Crippen LogP contribution in [0.1, 0.15) is 24.1 Å². The van der Waals surface area contributed by atoms with Crippen LogP contribution >= 0.6 is 15.9 Å². The molecule has 3 amide bonds. The summed E-state index contributed by atoms with van der Waals surface area (Å²) >= 11 is 3.38. The second-order valence-electron chi connectivity index (χ2n) is 7.44. The molecule has 3 rings (SSSR count). The van der Waals surface area contributed by atoms with Crippen molar-refractivity contribution in [3.63, 3.8) is 0 Å². The highest BCUT2D eigenvalue weighted by atomic mass is 79.9. The second-order valence-corrected chi connectivity index (χ2v) is 8.36. The molecule has 0 aromatic heterocycles. The van der Waals surface area contributed by atoms with Gasteiger partial charge in [-0.1, -0.05) is 22.0 Å². The van der Waals surface area contributed by atoms with Crippen LogP contribution in [-0.4, -0.2) is 52.1 Å². The van der Waals surface area contributed by atoms with Crippen LogP contribution < -0.4 is 30.3 Å². The van der Waals surface area contributed by atoms with Gasteiger partial charge < -0.3 is 29.6 Å². The van der Waals surface area contributed by atoms with Gasteiger partial charge in [0.05, 0.1) is 39.2 Å². The number of allylic oxidation sites excluding steroid dienone is 1. The Hall–Kier alpha value is -4.06. The lowest BCUT2D eigenvalue weighted by Crippen LogP contribution is -2.45. The van der Waals surface area contributed by atoms with Gasteiger partial charge in [-0.15, -0.1) is 0 Å². The van der Waals surface area contributed by atoms with Crippen LogP contribution in [-0.2, 0) is 14.3 Å². The van der Waals surface area contributed by atoms with Gasteiger partial charge in [-0.05, 0) is 42.8 Å². The molecule has 2 aromatic rings. The molecule has 1 aliphatic heterocycles. The van der Waals surface area contributed by atoms with Gasteiger partial charge in [-0.25, -0.2) is 15.0 Å². The van der Waals surface area contributed by atoms with E-state index in [0.717, 1.165) is 4.47 Å². The molecule has 2 aromatic carbocycles. The monoisotopic (exact) mass is 560 g/mol. The number of halogens is 1. The lowest BCUT2D eigenvalue weighted by molar-refractivity contribution is -0.136. The molecule has 1 heterocycles. The predicted molar refractivity (Wildman–Crippen MR) is 134 cm³/mol. The third-order valence-electron chi connectivity index (χ3n) is 5.14. The zero-order valence-corrected chi connectivity index (χ0v) is 21.6. The Morgan fingerprint density at radius 3 is 2.50 bits per heavy atom. The van der Waals surface area contributed by atoms with Crippen molar-refractivity contribution in [3.05, 3.63) is 63.3 Å². The molecule has 0 unspecified atom stereocenters. The Bertz CT molecular complexity index is 1230. The molecule has 0 fully saturated rings. The summed E-state index contributed by atoms with van der Waals surface area (Å²) in [5.74, 6) is 0.111. The third kappa shape index (κ3) is 6.33. The van der Waals surface area contributed by atoms with E-state index in [-0.39, 0.29) is 17.9 Å². The average molecular weight is 561 g/mol. The molecule has 1 atom stereocenters. The molecule has 0 radical (unpaired) electrons. The Morgan fingerprint density at radius 1 is 1.08 bits per heavy atom. The first-order valence-electron chi connectivity index (χ1n) is 10.6. The summed E-state index contributed by atoms with van der Waals surface area (Å²) in [6.07, 6.45) is 1.46. The zero-order valence-electron chi connectivity index (χ0n) is 20.0. The van der Waals surface area contributed by atoms with Crippen LogP contribution in [0.3, 0.4) is 0 Å². The van der Waals surface area contributed by atoms with Crippen LogP contribution in [0.5, 0.6) is 17.2 Å². The van der Waals surface area contributed by atoms with Crippen LogP contribution in [0.15, 0.2) is 57.2 Å². The number of nitrogens with zero attached hydrogens (tertiary/aromatic N) is 1. The fraction of sp³-hybridized carbons (Fsp3) is 0.250. The van der Waals surface area contributed by atoms with Crippen molar-refractivity contribution in [1.82, 2.24) is 16.1 Å². The normalized spacial score (nSPS) is 15.1. The number of hydrogen-bond acceptors (Lipinski definition) is 8. The molecule has 0 spiro atoms. The number of benzene rings is 2. The standard InChI is InChI=1S/C24H25BrN4O7/c1-13-21(23(31)35-4)22(28-24(32)27-13)14-5-7-18(19(10-14)34-3)36-12-20(30)29-26-11-15-9-16(25)6-8-17(15)33-2/h5-11,22H,12H2,1-4H3,(H,29,30)(H2,27,28,32)/b26-11-/t22-/m0/s1. The van der Waals surface area contributed by atoms with E-state index in [4.69, 9.17) is 18.9 Å². The molecule has 190 valence electrons. The molecule has 0 bridgehead atoms. The van der Waals surface area contributed by atoms with Crippen molar-refractivity contribution in [2.45, 2.75) is 13.0 Å². The minimum absolute atomic E-state index is 0.257. The van der Waals surface area contributed by atoms with Gasteiger partial charge in [-0.2, -0.15) is 5.10 Å². The van der Waals surface area contributed by atoms with Crippen molar-refractivity contribution in [1.29, 1.82) is 0 Å². The number of hydrogen-bond donors (Lipinski definition) is 3. The number of ether oxygens (including phenoxy) is 4. The summed E-state index contributed by atoms with van der Waals surface area (Å²) in [5.41, 5.74) is 4.26. The van der Waals surface area contributed by atoms with Gasteiger partial charge in [0.2, 0.25) is 0 Å². The number of rotatable bonds is 9. The number of carbonyl (C=O) groups is 3. The lowest BCUT2D eigenvalue weighted by Gasteiger charge is -2.28. The minimum Gasteiger partial charge on any atom is -0.496 e. The summed E-state index contributed by atoms with van der Waals surface area (Å²) < 4.78 is 21.9. The number of methoxy groups -OCH3 is 3. The third-order valence-corrected chi connectivity index (χ3v) is 5.63. The van der Waals surface area contributed by atoms with E-state index in [9.17, 15) is 14.4 Å². The number of nitrogens with one attached hydrogen (secondary N) is 3. The molecular formula is C24H25BrN4O7. The highest BCUT2D eigenvalue weighted by Gasteiger charge is 2.32. The van der Waals surface area contributed by atoms with Crippen molar-refractivity contribution < 1.29 is 33.3 Å². The van der Waals surface area contributed by atoms with Gasteiger partial charge in [0.25, 0.3) is 5.91 Å².